The molecule has 33 nitrogen and oxygen atoms in total. The molecule has 672 valence electrons. The van der Waals surface area contributed by atoms with Crippen molar-refractivity contribution in [2.75, 3.05) is 69.5 Å². The lowest BCUT2D eigenvalue weighted by molar-refractivity contribution is -0.344. The molecule has 5 saturated heterocycles. The zero-order chi connectivity index (χ0) is 87.4. The van der Waals surface area contributed by atoms with Gasteiger partial charge in [-0.05, 0) is 141 Å². The third-order valence-corrected chi connectivity index (χ3v) is 23.5. The largest absolute Gasteiger partial charge is 0.462 e. The van der Waals surface area contributed by atoms with Crippen LogP contribution < -0.4 is 0 Å². The Morgan fingerprint density at radius 3 is 1.90 bits per heavy atom. The van der Waals surface area contributed by atoms with Gasteiger partial charge in [0.1, 0.15) is 66.3 Å². The zero-order valence-corrected chi connectivity index (χ0v) is 73.4. The number of aliphatic hydroxyl groups excluding tert-OH is 5. The van der Waals surface area contributed by atoms with Crippen molar-refractivity contribution in [1.82, 2.24) is 9.80 Å². The van der Waals surface area contributed by atoms with Crippen molar-refractivity contribution in [3.05, 3.63) is 24.3 Å². The number of cyclic esters (lactones) is 2. The second-order valence-corrected chi connectivity index (χ2v) is 34.7. The Kier molecular flexibility index (Phi) is 40.7. The molecule has 0 aromatic carbocycles. The Bertz CT molecular complexity index is 3090. The minimum Gasteiger partial charge on any atom is -0.462 e. The predicted molar refractivity (Wildman–Crippen MR) is 422 cm³/mol. The molecule has 0 saturated carbocycles. The molecule has 0 bridgehead atoms. The second-order valence-electron chi connectivity index (χ2n) is 34.7. The van der Waals surface area contributed by atoms with Crippen molar-refractivity contribution in [1.29, 1.82) is 0 Å². The van der Waals surface area contributed by atoms with E-state index in [0.717, 1.165) is 0 Å². The molecule has 6 rings (SSSR count). The number of nitrogens with zero attached hydrogens (tertiary/aromatic N) is 3. The first-order valence-corrected chi connectivity index (χ1v) is 41.2. The van der Waals surface area contributed by atoms with Crippen molar-refractivity contribution in [2.45, 2.75) is 358 Å². The van der Waals surface area contributed by atoms with Gasteiger partial charge in [-0.2, -0.15) is 0 Å². The molecule has 0 spiro atoms. The molecule has 6 heterocycles. The van der Waals surface area contributed by atoms with Gasteiger partial charge in [0, 0.05) is 84.2 Å². The Balaban J connectivity index is 0.000000414. The van der Waals surface area contributed by atoms with Crippen LogP contribution in [0.3, 0.4) is 0 Å². The van der Waals surface area contributed by atoms with E-state index in [4.69, 9.17) is 80.6 Å². The Morgan fingerprint density at radius 1 is 0.681 bits per heavy atom. The van der Waals surface area contributed by atoms with Gasteiger partial charge in [-0.25, -0.2) is 0 Å². The fraction of sp³-hybridized carbons (Fsp3) is 0.880. The summed E-state index contributed by atoms with van der Waals surface area (Å²) in [6.45, 7) is 30.8. The quantitative estimate of drug-likeness (QED) is 0.0145. The Labute approximate surface area is 687 Å². The maximum absolute atomic E-state index is 14.3. The first-order chi connectivity index (χ1) is 54.1. The molecule has 6 aliphatic heterocycles. The molecule has 0 aromatic heterocycles. The number of allylic oxidation sites excluding steroid dienone is 2. The monoisotopic (exact) mass is 1660 g/mol. The van der Waals surface area contributed by atoms with E-state index >= 15 is 0 Å². The van der Waals surface area contributed by atoms with E-state index in [0.29, 0.717) is 31.4 Å². The van der Waals surface area contributed by atoms with Crippen LogP contribution in [0.25, 0.3) is 0 Å². The number of methoxy groups -OCH3 is 3. The number of likely N-dealkylation sites (N-methyl/N-ethyl adjacent to an activating group) is 2. The number of aldehydes is 1. The van der Waals surface area contributed by atoms with E-state index in [1.165, 1.54) is 28.1 Å². The minimum atomic E-state index is -1.97. The van der Waals surface area contributed by atoms with Crippen LogP contribution in [-0.4, -0.2) is 326 Å². The molecule has 33 heteroatoms. The van der Waals surface area contributed by atoms with Gasteiger partial charge >= 0.3 is 23.9 Å². The summed E-state index contributed by atoms with van der Waals surface area (Å²) in [7, 11) is 11.6. The minimum absolute atomic E-state index is 0.0307. The van der Waals surface area contributed by atoms with Crippen LogP contribution in [-0.2, 0) is 105 Å². The summed E-state index contributed by atoms with van der Waals surface area (Å²) in [6, 6.07) is -1.11. The lowest BCUT2D eigenvalue weighted by atomic mass is 9.73. The molecule has 8 N–H and O–H groups in total. The number of ether oxygens (including phenoxy) is 16. The maximum Gasteiger partial charge on any atom is 0.311 e. The lowest BCUT2D eigenvalue weighted by Gasteiger charge is -2.50. The highest BCUT2D eigenvalue weighted by Crippen LogP contribution is 2.44. The molecule has 0 amide bonds. The first-order valence-electron chi connectivity index (χ1n) is 41.2. The molecule has 5 fully saturated rings. The highest BCUT2D eigenvalue weighted by molar-refractivity contribution is 5.89. The van der Waals surface area contributed by atoms with Gasteiger partial charge < -0.3 is 136 Å². The zero-order valence-electron chi connectivity index (χ0n) is 73.4. The highest BCUT2D eigenvalue weighted by Gasteiger charge is 2.57. The molecule has 0 aliphatic carbocycles. The van der Waals surface area contributed by atoms with Gasteiger partial charge in [0.25, 0.3) is 0 Å². The smallest absolute Gasteiger partial charge is 0.311 e. The summed E-state index contributed by atoms with van der Waals surface area (Å²) >= 11 is 0. The van der Waals surface area contributed by atoms with Crippen molar-refractivity contribution >= 4 is 35.9 Å². The topological polar surface area (TPSA) is 423 Å². The number of carbonyl (C=O) groups is 5. The number of aliphatic hydroxyl groups is 8. The number of oxime groups is 1. The lowest BCUT2D eigenvalue weighted by Crippen LogP contribution is -2.66. The molecule has 6 aliphatic rings. The van der Waals surface area contributed by atoms with E-state index in [1.807, 2.05) is 53.6 Å². The summed E-state index contributed by atoms with van der Waals surface area (Å²) < 4.78 is 96.7. The number of hydrogen-bond donors (Lipinski definition) is 8. The third kappa shape index (κ3) is 28.1. The summed E-state index contributed by atoms with van der Waals surface area (Å²) in [4.78, 5) is 74.1. The van der Waals surface area contributed by atoms with Crippen LogP contribution in [0.1, 0.15) is 189 Å². The van der Waals surface area contributed by atoms with Crippen LogP contribution in [0.5, 0.6) is 0 Å². The van der Waals surface area contributed by atoms with E-state index in [9.17, 15) is 64.8 Å². The van der Waals surface area contributed by atoms with Gasteiger partial charge in [-0.3, -0.25) is 19.2 Å². The first kappa shape index (κ1) is 102. The number of rotatable bonds is 25. The van der Waals surface area contributed by atoms with E-state index < -0.39 is 223 Å². The van der Waals surface area contributed by atoms with Crippen LogP contribution in [0, 0.1) is 41.4 Å². The van der Waals surface area contributed by atoms with E-state index in [-0.39, 0.29) is 76.4 Å². The van der Waals surface area contributed by atoms with Crippen LogP contribution in [0.2, 0.25) is 0 Å². The fourth-order valence-corrected chi connectivity index (χ4v) is 17.0. The molecule has 116 heavy (non-hydrogen) atoms. The molecular weight excluding hydrogens is 1520 g/mol. The van der Waals surface area contributed by atoms with Crippen LogP contribution in [0.4, 0.5) is 0 Å². The fourth-order valence-electron chi connectivity index (χ4n) is 17.0. The van der Waals surface area contributed by atoms with Gasteiger partial charge in [0.05, 0.1) is 103 Å². The average molecular weight is 1670 g/mol. The summed E-state index contributed by atoms with van der Waals surface area (Å²) in [5.41, 5.74) is -5.99. The van der Waals surface area contributed by atoms with Crippen molar-refractivity contribution < 1.29 is 145 Å². The Hall–Kier alpha value is -4.38. The van der Waals surface area contributed by atoms with Crippen LogP contribution in [0.15, 0.2) is 29.5 Å². The molecule has 0 radical (unpaired) electrons. The average Bonchev–Trinajstić information content (AvgIpc) is 0.776. The van der Waals surface area contributed by atoms with E-state index in [2.05, 4.69) is 5.16 Å². The number of carbonyl (C=O) groups excluding carboxylic acids is 5. The summed E-state index contributed by atoms with van der Waals surface area (Å²) in [5, 5.41) is 98.2. The summed E-state index contributed by atoms with van der Waals surface area (Å²) in [6.07, 6.45) is -13.6. The van der Waals surface area contributed by atoms with Crippen molar-refractivity contribution in [3.8, 4) is 0 Å². The Morgan fingerprint density at radius 2 is 1.31 bits per heavy atom. The third-order valence-electron chi connectivity index (χ3n) is 23.5. The summed E-state index contributed by atoms with van der Waals surface area (Å²) in [5.74, 6) is -6.96. The van der Waals surface area contributed by atoms with Crippen LogP contribution >= 0.6 is 0 Å². The molecular formula is C83H145N3O30. The standard InChI is InChI=1S/C42H69NO15.C41H76N2O15/c1-23(2)19-32(47)56-40-27(6)53-34(22-42(40,8)50)57-37-26(5)54-41(36(49)35(37)43(9)10)58-38-29(17-18-44)20-24(3)30(46)16-14-12-13-15-25(4)52-33(48)21-31(39(38)51-11)55-28(7)45;1-15-29-41(10,49)34(45)24(4)31(42-53-21-52-17-16-50-13)22(2)19-39(8,48)36(58-38-32(44)28(43(11)12)18-23(3)54-38)25(5)33(26(6)37(47)56-29)57-30-20-40(9,51-14)35(46)27(7)55-30/h12-14,16,18,23-27,29-31,34-41,46,49-50H,15,17,19-22H2,1-11H3;22-30,32-36,38,44-46,48-49H,15-21H2,1-14H3/b13-12+,16-14+;42-31-/t24-,25-,26-,27+,29+,30+,31-,34+,35-,36-,37-,38+,39+,40+,41+,42-;22-,23-,24+,25+,26-,27+,28+,29-,30+,32-,33+,34-,35+,36-,38+,39-,40-,41-/m11/s1. The van der Waals surface area contributed by atoms with Gasteiger partial charge in [0.2, 0.25) is 6.79 Å². The van der Waals surface area contributed by atoms with Gasteiger partial charge in [-0.15, -0.1) is 0 Å². The highest BCUT2D eigenvalue weighted by atomic mass is 16.8. The second kappa shape index (κ2) is 46.2. The molecule has 34 atom stereocenters. The number of esters is 4. The number of hydrogen-bond acceptors (Lipinski definition) is 33. The maximum atomic E-state index is 14.3. The van der Waals surface area contributed by atoms with Crippen molar-refractivity contribution in [3.63, 3.8) is 0 Å². The normalized spacial score (nSPS) is 43.3. The van der Waals surface area contributed by atoms with Crippen molar-refractivity contribution in [2.24, 2.45) is 46.6 Å². The predicted octanol–water partition coefficient (Wildman–Crippen LogP) is 5.22. The molecule has 0 unspecified atom stereocenters. The SMILES string of the molecule is CC[C@H]1OC(=O)[C@H](C)[C@@H](O[C@H]2C[C@@](C)(OC)[C@@H](O)[C@H](C)O2)[C@H](C)[C@@H](O[C@@H]2O[C@H](C)C[C@H](N(C)C)[C@H]2O)[C@](C)(O)C[C@@H](C)/C(=N/OCOCCOC)[C@H](C)[C@@H](O)[C@]1(C)O.CO[C@@H]1[C@@H](O[C@@H]2O[C@H](C)[C@@H](O[C@H]3C[C@@](C)(O)[C@@H](OC(=O)CC(C)C)[C@H](C)O3)[C@H](N(C)C)[C@H]2O)[C@@H](CC=O)C[C@@H](C)[C@@H](O)/C=C/C=C/C[C@@H](C)OC(=O)C[C@H]1OC(C)=O. The van der Waals surface area contributed by atoms with E-state index in [1.54, 1.807) is 127 Å². The molecule has 0 aromatic rings. The van der Waals surface area contributed by atoms with Gasteiger partial charge in [-0.1, -0.05) is 77.9 Å². The van der Waals surface area contributed by atoms with Gasteiger partial charge in [0.15, 0.2) is 31.3 Å².